The normalized spacial score (nSPS) is 23.4. The summed E-state index contributed by atoms with van der Waals surface area (Å²) in [6.07, 6.45) is 7.69. The van der Waals surface area contributed by atoms with E-state index in [1.54, 1.807) is 6.08 Å². The molecule has 2 rings (SSSR count). The van der Waals surface area contributed by atoms with E-state index in [1.807, 2.05) is 24.3 Å². The Hall–Kier alpha value is -1.77. The molecular weight excluding hydrogens is 240 g/mol. The quantitative estimate of drug-likeness (QED) is 0.839. The number of ether oxygens (including phenoxy) is 1. The Bertz CT molecular complexity index is 457. The Kier molecular flexibility index (Phi) is 4.61. The van der Waals surface area contributed by atoms with Crippen LogP contribution in [0.15, 0.2) is 30.3 Å². The molecule has 3 heteroatoms. The molecule has 0 spiro atoms. The van der Waals surface area contributed by atoms with Crippen LogP contribution < -0.4 is 4.74 Å². The highest BCUT2D eigenvalue weighted by atomic mass is 16.5. The Labute approximate surface area is 113 Å². The summed E-state index contributed by atoms with van der Waals surface area (Å²) in [5, 5.41) is 8.61. The van der Waals surface area contributed by atoms with Crippen molar-refractivity contribution in [2.24, 2.45) is 5.92 Å². The van der Waals surface area contributed by atoms with Crippen molar-refractivity contribution in [2.75, 3.05) is 0 Å². The third kappa shape index (κ3) is 4.43. The molecule has 0 amide bonds. The summed E-state index contributed by atoms with van der Waals surface area (Å²) in [5.74, 6) is 0.698. The number of carboxylic acid groups (broad SMARTS) is 1. The van der Waals surface area contributed by atoms with Crippen molar-refractivity contribution < 1.29 is 14.6 Å². The third-order valence-electron chi connectivity index (χ3n) is 3.54. The molecule has 0 radical (unpaired) electrons. The van der Waals surface area contributed by atoms with Gasteiger partial charge in [-0.25, -0.2) is 4.79 Å². The standard InChI is InChI=1S/C16H20O3/c1-12-5-8-14(9-6-12)19-15-4-2-3-13(11-15)7-10-16(17)18/h2-4,7,10-12,14H,5-6,8-9H2,1H3,(H,17,18). The van der Waals surface area contributed by atoms with E-state index in [0.29, 0.717) is 6.10 Å². The molecule has 0 unspecified atom stereocenters. The van der Waals surface area contributed by atoms with Gasteiger partial charge in [-0.3, -0.25) is 0 Å². The molecule has 1 aromatic carbocycles. The molecule has 1 saturated carbocycles. The zero-order chi connectivity index (χ0) is 13.7. The third-order valence-corrected chi connectivity index (χ3v) is 3.54. The van der Waals surface area contributed by atoms with E-state index >= 15 is 0 Å². The molecule has 3 nitrogen and oxygen atoms in total. The van der Waals surface area contributed by atoms with Crippen molar-refractivity contribution in [3.05, 3.63) is 35.9 Å². The number of hydrogen-bond acceptors (Lipinski definition) is 2. The lowest BCUT2D eigenvalue weighted by Gasteiger charge is -2.26. The SMILES string of the molecule is CC1CCC(Oc2cccc(C=CC(=O)O)c2)CC1. The van der Waals surface area contributed by atoms with Crippen LogP contribution in [-0.2, 0) is 4.79 Å². The van der Waals surface area contributed by atoms with Crippen LogP contribution >= 0.6 is 0 Å². The average molecular weight is 260 g/mol. The van der Waals surface area contributed by atoms with Crippen LogP contribution in [0.1, 0.15) is 38.2 Å². The van der Waals surface area contributed by atoms with Crippen molar-refractivity contribution >= 4 is 12.0 Å². The predicted octanol–water partition coefficient (Wildman–Crippen LogP) is 3.74. The molecule has 0 aromatic heterocycles. The van der Waals surface area contributed by atoms with E-state index in [0.717, 1.165) is 36.1 Å². The Morgan fingerprint density at radius 2 is 2.05 bits per heavy atom. The molecule has 0 saturated heterocycles. The van der Waals surface area contributed by atoms with E-state index in [1.165, 1.54) is 12.8 Å². The van der Waals surface area contributed by atoms with Crippen molar-refractivity contribution in [3.8, 4) is 5.75 Å². The maximum Gasteiger partial charge on any atom is 0.328 e. The van der Waals surface area contributed by atoms with Crippen molar-refractivity contribution in [3.63, 3.8) is 0 Å². The van der Waals surface area contributed by atoms with Crippen molar-refractivity contribution in [1.29, 1.82) is 0 Å². The summed E-state index contributed by atoms with van der Waals surface area (Å²) in [7, 11) is 0. The second kappa shape index (κ2) is 6.41. The van der Waals surface area contributed by atoms with E-state index in [2.05, 4.69) is 6.92 Å². The summed E-state index contributed by atoms with van der Waals surface area (Å²) >= 11 is 0. The zero-order valence-electron chi connectivity index (χ0n) is 11.2. The molecule has 0 aliphatic heterocycles. The van der Waals surface area contributed by atoms with Gasteiger partial charge in [0.1, 0.15) is 5.75 Å². The molecule has 19 heavy (non-hydrogen) atoms. The van der Waals surface area contributed by atoms with Crippen LogP contribution in [0.5, 0.6) is 5.75 Å². The van der Waals surface area contributed by atoms with Gasteiger partial charge in [0.2, 0.25) is 0 Å². The fourth-order valence-corrected chi connectivity index (χ4v) is 2.40. The van der Waals surface area contributed by atoms with Gasteiger partial charge < -0.3 is 9.84 Å². The lowest BCUT2D eigenvalue weighted by atomic mass is 9.89. The summed E-state index contributed by atoms with van der Waals surface area (Å²) in [6.45, 7) is 2.29. The topological polar surface area (TPSA) is 46.5 Å². The molecule has 102 valence electrons. The fraction of sp³-hybridized carbons (Fsp3) is 0.438. The minimum atomic E-state index is -0.937. The second-order valence-corrected chi connectivity index (χ2v) is 5.24. The van der Waals surface area contributed by atoms with Gasteiger partial charge in [0, 0.05) is 6.08 Å². The summed E-state index contributed by atoms with van der Waals surface area (Å²) in [4.78, 5) is 10.5. The first-order valence-electron chi connectivity index (χ1n) is 6.81. The number of hydrogen-bond donors (Lipinski definition) is 1. The van der Waals surface area contributed by atoms with Gasteiger partial charge in [0.05, 0.1) is 6.10 Å². The van der Waals surface area contributed by atoms with Crippen molar-refractivity contribution in [2.45, 2.75) is 38.7 Å². The van der Waals surface area contributed by atoms with Gasteiger partial charge >= 0.3 is 5.97 Å². The Morgan fingerprint density at radius 3 is 2.74 bits per heavy atom. The first-order valence-corrected chi connectivity index (χ1v) is 6.81. The Morgan fingerprint density at radius 1 is 1.32 bits per heavy atom. The highest BCUT2D eigenvalue weighted by molar-refractivity contribution is 5.85. The fourth-order valence-electron chi connectivity index (χ4n) is 2.40. The van der Waals surface area contributed by atoms with E-state index < -0.39 is 5.97 Å². The largest absolute Gasteiger partial charge is 0.490 e. The maximum absolute atomic E-state index is 10.5. The smallest absolute Gasteiger partial charge is 0.328 e. The number of carboxylic acids is 1. The summed E-state index contributed by atoms with van der Waals surface area (Å²) in [6, 6.07) is 7.57. The Balaban J connectivity index is 1.97. The lowest BCUT2D eigenvalue weighted by molar-refractivity contribution is -0.131. The van der Waals surface area contributed by atoms with Crippen LogP contribution in [0.2, 0.25) is 0 Å². The van der Waals surface area contributed by atoms with Crippen molar-refractivity contribution in [1.82, 2.24) is 0 Å². The minimum absolute atomic E-state index is 0.301. The van der Waals surface area contributed by atoms with Crippen LogP contribution in [-0.4, -0.2) is 17.2 Å². The highest BCUT2D eigenvalue weighted by Crippen LogP contribution is 2.27. The first kappa shape index (κ1) is 13.7. The summed E-state index contributed by atoms with van der Waals surface area (Å²) in [5.41, 5.74) is 0.851. The first-order chi connectivity index (χ1) is 9.13. The predicted molar refractivity (Wildman–Crippen MR) is 75.2 cm³/mol. The lowest BCUT2D eigenvalue weighted by Crippen LogP contribution is -2.22. The van der Waals surface area contributed by atoms with Gasteiger partial charge in [-0.2, -0.15) is 0 Å². The number of aliphatic carboxylic acids is 1. The second-order valence-electron chi connectivity index (χ2n) is 5.24. The molecule has 1 aliphatic carbocycles. The molecule has 1 aliphatic rings. The molecular formula is C16H20O3. The van der Waals surface area contributed by atoms with Crippen LogP contribution in [0.25, 0.3) is 6.08 Å². The number of rotatable bonds is 4. The molecule has 0 bridgehead atoms. The number of carbonyl (C=O) groups is 1. The van der Waals surface area contributed by atoms with E-state index in [4.69, 9.17) is 9.84 Å². The maximum atomic E-state index is 10.5. The zero-order valence-corrected chi connectivity index (χ0v) is 11.2. The van der Waals surface area contributed by atoms with Gasteiger partial charge in [-0.05, 0) is 55.4 Å². The molecule has 0 atom stereocenters. The molecule has 1 N–H and O–H groups in total. The minimum Gasteiger partial charge on any atom is -0.490 e. The van der Waals surface area contributed by atoms with Gasteiger partial charge in [0.25, 0.3) is 0 Å². The monoisotopic (exact) mass is 260 g/mol. The average Bonchev–Trinajstić information content (AvgIpc) is 2.40. The van der Waals surface area contributed by atoms with Gasteiger partial charge in [0.15, 0.2) is 0 Å². The van der Waals surface area contributed by atoms with Crippen LogP contribution in [0.4, 0.5) is 0 Å². The molecule has 1 aromatic rings. The van der Waals surface area contributed by atoms with Crippen LogP contribution in [0, 0.1) is 5.92 Å². The molecule has 1 fully saturated rings. The number of benzene rings is 1. The van der Waals surface area contributed by atoms with Gasteiger partial charge in [-0.15, -0.1) is 0 Å². The molecule has 0 heterocycles. The van der Waals surface area contributed by atoms with E-state index in [9.17, 15) is 4.79 Å². The van der Waals surface area contributed by atoms with Crippen LogP contribution in [0.3, 0.4) is 0 Å². The van der Waals surface area contributed by atoms with Gasteiger partial charge in [-0.1, -0.05) is 19.1 Å². The van der Waals surface area contributed by atoms with E-state index in [-0.39, 0.29) is 0 Å². The summed E-state index contributed by atoms with van der Waals surface area (Å²) < 4.78 is 5.97. The highest BCUT2D eigenvalue weighted by Gasteiger charge is 2.19.